The standard InChI is InChI=1S/C18H24BrN3O2/c1-3-20-6-8-21(9-7-20)18(24)14-10-17(23)22(12-14)15-5-4-13(2)16(19)11-15/h4-5,11,14H,3,6-10,12H2,1-2H3. The molecule has 0 N–H and O–H groups in total. The molecule has 1 unspecified atom stereocenters. The lowest BCUT2D eigenvalue weighted by molar-refractivity contribution is -0.137. The Morgan fingerprint density at radius 2 is 1.96 bits per heavy atom. The van der Waals surface area contributed by atoms with Gasteiger partial charge in [-0.25, -0.2) is 0 Å². The van der Waals surface area contributed by atoms with Crippen LogP contribution in [0.15, 0.2) is 22.7 Å². The van der Waals surface area contributed by atoms with Crippen molar-refractivity contribution in [2.24, 2.45) is 5.92 Å². The number of hydrogen-bond acceptors (Lipinski definition) is 3. The highest BCUT2D eigenvalue weighted by Gasteiger charge is 2.37. The number of hydrogen-bond donors (Lipinski definition) is 0. The minimum absolute atomic E-state index is 0.0382. The van der Waals surface area contributed by atoms with Gasteiger partial charge in [0.2, 0.25) is 11.8 Å². The maximum Gasteiger partial charge on any atom is 0.228 e. The second kappa shape index (κ2) is 7.23. The second-order valence-corrected chi connectivity index (χ2v) is 7.45. The SMILES string of the molecule is CCN1CCN(C(=O)C2CC(=O)N(c3ccc(C)c(Br)c3)C2)CC1. The minimum Gasteiger partial charge on any atom is -0.340 e. The molecule has 2 fully saturated rings. The molecule has 1 aromatic rings. The Bertz CT molecular complexity index is 641. The van der Waals surface area contributed by atoms with Crippen LogP contribution in [-0.4, -0.2) is 60.9 Å². The van der Waals surface area contributed by atoms with Crippen molar-refractivity contribution in [2.45, 2.75) is 20.3 Å². The highest BCUT2D eigenvalue weighted by Crippen LogP contribution is 2.29. The summed E-state index contributed by atoms with van der Waals surface area (Å²) in [7, 11) is 0. The molecule has 5 nitrogen and oxygen atoms in total. The molecular weight excluding hydrogens is 370 g/mol. The molecule has 0 aliphatic carbocycles. The smallest absolute Gasteiger partial charge is 0.228 e. The van der Waals surface area contributed by atoms with Crippen molar-refractivity contribution < 1.29 is 9.59 Å². The highest BCUT2D eigenvalue weighted by atomic mass is 79.9. The topological polar surface area (TPSA) is 43.9 Å². The molecule has 1 aromatic carbocycles. The van der Waals surface area contributed by atoms with Gasteiger partial charge in [0, 0.05) is 49.3 Å². The summed E-state index contributed by atoms with van der Waals surface area (Å²) in [5, 5.41) is 0. The van der Waals surface area contributed by atoms with Crippen molar-refractivity contribution in [1.82, 2.24) is 9.80 Å². The molecule has 1 atom stereocenters. The fraction of sp³-hybridized carbons (Fsp3) is 0.556. The third kappa shape index (κ3) is 3.49. The van der Waals surface area contributed by atoms with Crippen molar-refractivity contribution in [1.29, 1.82) is 0 Å². The molecule has 130 valence electrons. The molecule has 0 bridgehead atoms. The van der Waals surface area contributed by atoms with Gasteiger partial charge in [-0.1, -0.05) is 28.9 Å². The van der Waals surface area contributed by atoms with Gasteiger partial charge in [-0.3, -0.25) is 9.59 Å². The number of rotatable bonds is 3. The number of benzene rings is 1. The Balaban J connectivity index is 1.66. The number of carbonyl (C=O) groups is 2. The van der Waals surface area contributed by atoms with Crippen molar-refractivity contribution in [2.75, 3.05) is 44.2 Å². The molecule has 2 saturated heterocycles. The summed E-state index contributed by atoms with van der Waals surface area (Å²) in [4.78, 5) is 31.2. The third-order valence-corrected chi connectivity index (χ3v) is 5.93. The summed E-state index contributed by atoms with van der Waals surface area (Å²) in [6.45, 7) is 9.07. The van der Waals surface area contributed by atoms with Gasteiger partial charge in [0.15, 0.2) is 0 Å². The van der Waals surface area contributed by atoms with E-state index >= 15 is 0 Å². The average Bonchev–Trinajstić information content (AvgIpc) is 2.98. The van der Waals surface area contributed by atoms with Gasteiger partial charge in [-0.15, -0.1) is 0 Å². The highest BCUT2D eigenvalue weighted by molar-refractivity contribution is 9.10. The molecule has 2 amide bonds. The summed E-state index contributed by atoms with van der Waals surface area (Å²) in [6.07, 6.45) is 0.318. The number of piperazine rings is 1. The Morgan fingerprint density at radius 3 is 2.58 bits per heavy atom. The van der Waals surface area contributed by atoms with Gasteiger partial charge >= 0.3 is 0 Å². The third-order valence-electron chi connectivity index (χ3n) is 5.07. The number of halogens is 1. The van der Waals surface area contributed by atoms with Crippen LogP contribution in [-0.2, 0) is 9.59 Å². The van der Waals surface area contributed by atoms with E-state index in [4.69, 9.17) is 0 Å². The van der Waals surface area contributed by atoms with E-state index in [0.717, 1.165) is 48.4 Å². The van der Waals surface area contributed by atoms with Crippen LogP contribution >= 0.6 is 15.9 Å². The van der Waals surface area contributed by atoms with Crippen LogP contribution in [0.4, 0.5) is 5.69 Å². The van der Waals surface area contributed by atoms with E-state index in [1.165, 1.54) is 0 Å². The molecule has 2 aliphatic rings. The lowest BCUT2D eigenvalue weighted by Gasteiger charge is -2.35. The zero-order chi connectivity index (χ0) is 17.3. The van der Waals surface area contributed by atoms with Crippen molar-refractivity contribution >= 4 is 33.4 Å². The van der Waals surface area contributed by atoms with E-state index in [2.05, 4.69) is 27.8 Å². The average molecular weight is 394 g/mol. The van der Waals surface area contributed by atoms with Crippen molar-refractivity contribution in [3.63, 3.8) is 0 Å². The first-order valence-corrected chi connectivity index (χ1v) is 9.36. The van der Waals surface area contributed by atoms with E-state index in [0.29, 0.717) is 13.0 Å². The molecule has 2 heterocycles. The lowest BCUT2D eigenvalue weighted by Crippen LogP contribution is -2.50. The lowest BCUT2D eigenvalue weighted by atomic mass is 10.1. The van der Waals surface area contributed by atoms with Crippen LogP contribution in [0, 0.1) is 12.8 Å². The molecule has 2 aliphatic heterocycles. The van der Waals surface area contributed by atoms with E-state index < -0.39 is 0 Å². The van der Waals surface area contributed by atoms with Crippen LogP contribution in [0.5, 0.6) is 0 Å². The predicted molar refractivity (Wildman–Crippen MR) is 98.0 cm³/mol. The van der Waals surface area contributed by atoms with E-state index in [9.17, 15) is 9.59 Å². The number of aryl methyl sites for hydroxylation is 1. The quantitative estimate of drug-likeness (QED) is 0.790. The first-order valence-electron chi connectivity index (χ1n) is 8.57. The summed E-state index contributed by atoms with van der Waals surface area (Å²) >= 11 is 3.51. The molecule has 3 rings (SSSR count). The maximum atomic E-state index is 12.8. The van der Waals surface area contributed by atoms with Gasteiger partial charge in [0.25, 0.3) is 0 Å². The monoisotopic (exact) mass is 393 g/mol. The summed E-state index contributed by atoms with van der Waals surface area (Å²) in [5.41, 5.74) is 2.00. The van der Waals surface area contributed by atoms with Gasteiger partial charge in [-0.2, -0.15) is 0 Å². The summed E-state index contributed by atoms with van der Waals surface area (Å²) in [5.74, 6) is -0.0465. The fourth-order valence-corrected chi connectivity index (χ4v) is 3.78. The molecule has 24 heavy (non-hydrogen) atoms. The second-order valence-electron chi connectivity index (χ2n) is 6.60. The fourth-order valence-electron chi connectivity index (χ4n) is 3.41. The number of nitrogens with zero attached hydrogens (tertiary/aromatic N) is 3. The van der Waals surface area contributed by atoms with Crippen molar-refractivity contribution in [3.8, 4) is 0 Å². The van der Waals surface area contributed by atoms with Crippen LogP contribution in [0.2, 0.25) is 0 Å². The number of amides is 2. The van der Waals surface area contributed by atoms with Crippen molar-refractivity contribution in [3.05, 3.63) is 28.2 Å². The Kier molecular flexibility index (Phi) is 5.25. The van der Waals surface area contributed by atoms with Gasteiger partial charge in [0.1, 0.15) is 0 Å². The first-order chi connectivity index (χ1) is 11.5. The van der Waals surface area contributed by atoms with Gasteiger partial charge in [-0.05, 0) is 31.2 Å². The normalized spacial score (nSPS) is 22.3. The van der Waals surface area contributed by atoms with E-state index in [1.807, 2.05) is 30.0 Å². The van der Waals surface area contributed by atoms with Gasteiger partial charge in [0.05, 0.1) is 5.92 Å². The van der Waals surface area contributed by atoms with Crippen LogP contribution in [0.3, 0.4) is 0 Å². The van der Waals surface area contributed by atoms with Crippen LogP contribution < -0.4 is 4.90 Å². The van der Waals surface area contributed by atoms with Crippen LogP contribution in [0.25, 0.3) is 0 Å². The summed E-state index contributed by atoms with van der Waals surface area (Å²) < 4.78 is 0.985. The largest absolute Gasteiger partial charge is 0.340 e. The Hall–Kier alpha value is -1.40. The number of carbonyl (C=O) groups excluding carboxylic acids is 2. The molecule has 6 heteroatoms. The molecule has 0 saturated carbocycles. The molecule has 0 spiro atoms. The Morgan fingerprint density at radius 1 is 1.25 bits per heavy atom. The van der Waals surface area contributed by atoms with E-state index in [-0.39, 0.29) is 17.7 Å². The Labute approximate surface area is 151 Å². The first kappa shape index (κ1) is 17.4. The number of likely N-dealkylation sites (N-methyl/N-ethyl adjacent to an activating group) is 1. The molecule has 0 radical (unpaired) electrons. The molecule has 0 aromatic heterocycles. The zero-order valence-electron chi connectivity index (χ0n) is 14.3. The molecular formula is C18H24BrN3O2. The summed E-state index contributed by atoms with van der Waals surface area (Å²) in [6, 6.07) is 5.90. The van der Waals surface area contributed by atoms with Gasteiger partial charge < -0.3 is 14.7 Å². The number of anilines is 1. The van der Waals surface area contributed by atoms with Crippen LogP contribution in [0.1, 0.15) is 18.9 Å². The minimum atomic E-state index is -0.217. The predicted octanol–water partition coefficient (Wildman–Crippen LogP) is 2.27. The zero-order valence-corrected chi connectivity index (χ0v) is 15.9. The maximum absolute atomic E-state index is 12.8. The van der Waals surface area contributed by atoms with E-state index in [1.54, 1.807) is 4.90 Å².